The van der Waals surface area contributed by atoms with E-state index in [4.69, 9.17) is 5.73 Å². The van der Waals surface area contributed by atoms with Gasteiger partial charge in [-0.2, -0.15) is 5.10 Å². The third-order valence-corrected chi connectivity index (χ3v) is 1.85. The molecule has 0 bridgehead atoms. The monoisotopic (exact) mass is 189 g/mol. The Labute approximate surface area is 81.4 Å². The number of rotatable bonds is 3. The smallest absolute Gasteiger partial charge is 0.149 e. The van der Waals surface area contributed by atoms with E-state index in [2.05, 4.69) is 20.5 Å². The standard InChI is InChI=1S/C9H11N5/c10-8-2-1-3-11-9(8)12-4-7-5-13-14-6-7/h1-3,5-6H,4,10H2,(H,11,12)(H,13,14). The predicted octanol–water partition coefficient (Wildman–Crippen LogP) is 0.999. The molecule has 0 spiro atoms. The molecular weight excluding hydrogens is 178 g/mol. The van der Waals surface area contributed by atoms with E-state index >= 15 is 0 Å². The number of nitrogens with zero attached hydrogens (tertiary/aromatic N) is 2. The molecule has 72 valence electrons. The molecule has 2 aromatic rings. The normalized spacial score (nSPS) is 10.0. The zero-order valence-electron chi connectivity index (χ0n) is 7.57. The number of nitrogen functional groups attached to an aromatic ring is 1. The Hall–Kier alpha value is -2.04. The summed E-state index contributed by atoms with van der Waals surface area (Å²) in [6.45, 7) is 0.664. The molecule has 0 radical (unpaired) electrons. The van der Waals surface area contributed by atoms with Crippen LogP contribution in [0, 0.1) is 0 Å². The summed E-state index contributed by atoms with van der Waals surface area (Å²) in [7, 11) is 0. The summed E-state index contributed by atoms with van der Waals surface area (Å²) < 4.78 is 0. The first kappa shape index (κ1) is 8.55. The van der Waals surface area contributed by atoms with E-state index in [0.29, 0.717) is 18.1 Å². The minimum atomic E-state index is 0.649. The van der Waals surface area contributed by atoms with Gasteiger partial charge in [0.15, 0.2) is 0 Å². The number of hydrogen-bond donors (Lipinski definition) is 3. The van der Waals surface area contributed by atoms with E-state index in [1.165, 1.54) is 0 Å². The maximum Gasteiger partial charge on any atom is 0.149 e. The summed E-state index contributed by atoms with van der Waals surface area (Å²) in [5.41, 5.74) is 7.43. The van der Waals surface area contributed by atoms with E-state index in [9.17, 15) is 0 Å². The number of anilines is 2. The molecule has 0 aliphatic heterocycles. The number of hydrogen-bond acceptors (Lipinski definition) is 4. The topological polar surface area (TPSA) is 79.6 Å². The summed E-state index contributed by atoms with van der Waals surface area (Å²) in [6, 6.07) is 3.61. The van der Waals surface area contributed by atoms with Crippen molar-refractivity contribution in [3.63, 3.8) is 0 Å². The molecule has 0 fully saturated rings. The molecule has 0 saturated carbocycles. The fourth-order valence-corrected chi connectivity index (χ4v) is 1.13. The van der Waals surface area contributed by atoms with Crippen molar-refractivity contribution in [3.8, 4) is 0 Å². The minimum Gasteiger partial charge on any atom is -0.396 e. The van der Waals surface area contributed by atoms with E-state index in [-0.39, 0.29) is 0 Å². The van der Waals surface area contributed by atoms with Crippen molar-refractivity contribution >= 4 is 11.5 Å². The first-order valence-electron chi connectivity index (χ1n) is 4.28. The predicted molar refractivity (Wildman–Crippen MR) is 54.6 cm³/mol. The first-order valence-corrected chi connectivity index (χ1v) is 4.28. The molecule has 0 unspecified atom stereocenters. The van der Waals surface area contributed by atoms with Crippen LogP contribution in [-0.2, 0) is 6.54 Å². The van der Waals surface area contributed by atoms with Gasteiger partial charge < -0.3 is 11.1 Å². The van der Waals surface area contributed by atoms with Crippen LogP contribution in [0.15, 0.2) is 30.7 Å². The lowest BCUT2D eigenvalue weighted by Crippen LogP contribution is -2.03. The maximum absolute atomic E-state index is 5.71. The number of nitrogens with one attached hydrogen (secondary N) is 2. The van der Waals surface area contributed by atoms with E-state index < -0.39 is 0 Å². The largest absolute Gasteiger partial charge is 0.396 e. The second kappa shape index (κ2) is 3.78. The number of pyridine rings is 1. The zero-order chi connectivity index (χ0) is 9.80. The summed E-state index contributed by atoms with van der Waals surface area (Å²) in [5, 5.41) is 9.70. The van der Waals surface area contributed by atoms with E-state index in [1.54, 1.807) is 18.5 Å². The van der Waals surface area contributed by atoms with Crippen LogP contribution in [0.3, 0.4) is 0 Å². The van der Waals surface area contributed by atoms with Gasteiger partial charge in [-0.05, 0) is 12.1 Å². The Balaban J connectivity index is 2.02. The summed E-state index contributed by atoms with van der Waals surface area (Å²) in [4.78, 5) is 4.11. The van der Waals surface area contributed by atoms with Crippen LogP contribution in [0.5, 0.6) is 0 Å². The van der Waals surface area contributed by atoms with Gasteiger partial charge in [0.2, 0.25) is 0 Å². The zero-order valence-corrected chi connectivity index (χ0v) is 7.57. The fourth-order valence-electron chi connectivity index (χ4n) is 1.13. The number of H-pyrrole nitrogens is 1. The van der Waals surface area contributed by atoms with Gasteiger partial charge >= 0.3 is 0 Å². The lowest BCUT2D eigenvalue weighted by Gasteiger charge is -2.05. The molecule has 2 aromatic heterocycles. The maximum atomic E-state index is 5.71. The van der Waals surface area contributed by atoms with Gasteiger partial charge in [0, 0.05) is 24.5 Å². The van der Waals surface area contributed by atoms with Crippen LogP contribution in [0.2, 0.25) is 0 Å². The first-order chi connectivity index (χ1) is 6.86. The molecule has 0 amide bonds. The second-order valence-corrected chi connectivity index (χ2v) is 2.90. The molecule has 2 heterocycles. The fraction of sp³-hybridized carbons (Fsp3) is 0.111. The summed E-state index contributed by atoms with van der Waals surface area (Å²) in [6.07, 6.45) is 5.28. The van der Waals surface area contributed by atoms with Crippen LogP contribution in [0.4, 0.5) is 11.5 Å². The third-order valence-electron chi connectivity index (χ3n) is 1.85. The summed E-state index contributed by atoms with van der Waals surface area (Å²) in [5.74, 6) is 0.703. The molecular formula is C9H11N5. The van der Waals surface area contributed by atoms with Crippen molar-refractivity contribution in [2.45, 2.75) is 6.54 Å². The Morgan fingerprint density at radius 1 is 1.50 bits per heavy atom. The summed E-state index contributed by atoms with van der Waals surface area (Å²) >= 11 is 0. The average molecular weight is 189 g/mol. The molecule has 5 heteroatoms. The Morgan fingerprint density at radius 2 is 2.43 bits per heavy atom. The van der Waals surface area contributed by atoms with E-state index in [1.807, 2.05) is 12.3 Å². The average Bonchev–Trinajstić information content (AvgIpc) is 2.69. The van der Waals surface area contributed by atoms with Gasteiger partial charge in [0.1, 0.15) is 5.82 Å². The van der Waals surface area contributed by atoms with Crippen molar-refractivity contribution < 1.29 is 0 Å². The van der Waals surface area contributed by atoms with Gasteiger partial charge in [-0.3, -0.25) is 5.10 Å². The SMILES string of the molecule is Nc1cccnc1NCc1cn[nH]c1. The quantitative estimate of drug-likeness (QED) is 0.673. The Bertz CT molecular complexity index is 395. The van der Waals surface area contributed by atoms with Crippen LogP contribution in [0.25, 0.3) is 0 Å². The highest BCUT2D eigenvalue weighted by Gasteiger charge is 1.98. The molecule has 0 aliphatic rings. The molecule has 0 aromatic carbocycles. The highest BCUT2D eigenvalue weighted by molar-refractivity contribution is 5.60. The lowest BCUT2D eigenvalue weighted by atomic mass is 10.3. The van der Waals surface area contributed by atoms with Crippen molar-refractivity contribution in [3.05, 3.63) is 36.3 Å². The van der Waals surface area contributed by atoms with Crippen molar-refractivity contribution in [1.29, 1.82) is 0 Å². The molecule has 5 nitrogen and oxygen atoms in total. The molecule has 0 aliphatic carbocycles. The van der Waals surface area contributed by atoms with Gasteiger partial charge in [-0.25, -0.2) is 4.98 Å². The van der Waals surface area contributed by atoms with Crippen molar-refractivity contribution in [1.82, 2.24) is 15.2 Å². The van der Waals surface area contributed by atoms with Gasteiger partial charge in [-0.1, -0.05) is 0 Å². The number of aromatic nitrogens is 3. The highest BCUT2D eigenvalue weighted by Crippen LogP contribution is 2.13. The lowest BCUT2D eigenvalue weighted by molar-refractivity contribution is 1.09. The molecule has 0 atom stereocenters. The van der Waals surface area contributed by atoms with Crippen molar-refractivity contribution in [2.75, 3.05) is 11.1 Å². The van der Waals surface area contributed by atoms with E-state index in [0.717, 1.165) is 5.56 Å². The van der Waals surface area contributed by atoms with Crippen LogP contribution in [0.1, 0.15) is 5.56 Å². The molecule has 0 saturated heterocycles. The van der Waals surface area contributed by atoms with Crippen LogP contribution >= 0.6 is 0 Å². The Morgan fingerprint density at radius 3 is 3.14 bits per heavy atom. The van der Waals surface area contributed by atoms with Crippen LogP contribution in [-0.4, -0.2) is 15.2 Å². The van der Waals surface area contributed by atoms with Gasteiger partial charge in [0.25, 0.3) is 0 Å². The Kier molecular flexibility index (Phi) is 2.31. The third kappa shape index (κ3) is 1.82. The van der Waals surface area contributed by atoms with Crippen molar-refractivity contribution in [2.24, 2.45) is 0 Å². The second-order valence-electron chi connectivity index (χ2n) is 2.90. The number of nitrogens with two attached hydrogens (primary N) is 1. The number of aromatic amines is 1. The van der Waals surface area contributed by atoms with Gasteiger partial charge in [0.05, 0.1) is 11.9 Å². The minimum absolute atomic E-state index is 0.649. The highest BCUT2D eigenvalue weighted by atomic mass is 15.1. The van der Waals surface area contributed by atoms with Gasteiger partial charge in [-0.15, -0.1) is 0 Å². The molecule has 4 N–H and O–H groups in total. The molecule has 14 heavy (non-hydrogen) atoms. The molecule has 2 rings (SSSR count). The van der Waals surface area contributed by atoms with Crippen LogP contribution < -0.4 is 11.1 Å².